The van der Waals surface area contributed by atoms with Gasteiger partial charge in [0, 0.05) is 18.5 Å². The van der Waals surface area contributed by atoms with Gasteiger partial charge >= 0.3 is 5.97 Å². The molecule has 1 fully saturated rings. The molecule has 0 aromatic carbocycles. The fourth-order valence-electron chi connectivity index (χ4n) is 1.79. The lowest BCUT2D eigenvalue weighted by molar-refractivity contribution is -0.140. The molecule has 6 heteroatoms. The molecule has 2 heterocycles. The van der Waals surface area contributed by atoms with Gasteiger partial charge in [-0.05, 0) is 11.6 Å². The van der Waals surface area contributed by atoms with Gasteiger partial charge in [0.25, 0.3) is 5.95 Å². The van der Waals surface area contributed by atoms with Crippen molar-refractivity contribution < 1.29 is 14.4 Å². The maximum absolute atomic E-state index is 10.9. The topological polar surface area (TPSA) is 79.5 Å². The van der Waals surface area contributed by atoms with Crippen LogP contribution in [0.5, 0.6) is 0 Å². The van der Waals surface area contributed by atoms with Crippen LogP contribution < -0.4 is 4.90 Å². The number of hydrogen-bond donors (Lipinski definition) is 1. The van der Waals surface area contributed by atoms with E-state index in [0.29, 0.717) is 31.3 Å². The Balaban J connectivity index is 2.10. The van der Waals surface area contributed by atoms with Crippen LogP contribution in [-0.2, 0) is 10.2 Å². The molecule has 0 radical (unpaired) electrons. The van der Waals surface area contributed by atoms with Crippen molar-refractivity contribution in [3.63, 3.8) is 0 Å². The molecule has 1 aromatic rings. The van der Waals surface area contributed by atoms with E-state index in [4.69, 9.17) is 9.63 Å². The summed E-state index contributed by atoms with van der Waals surface area (Å²) in [6.07, 6.45) is 0.634. The summed E-state index contributed by atoms with van der Waals surface area (Å²) in [5.74, 6) is -0.0106. The third kappa shape index (κ3) is 2.40. The van der Waals surface area contributed by atoms with Crippen LogP contribution in [0, 0.1) is 5.92 Å². The average Bonchev–Trinajstić information content (AvgIpc) is 2.85. The highest BCUT2D eigenvalue weighted by molar-refractivity contribution is 5.71. The van der Waals surface area contributed by atoms with Crippen molar-refractivity contribution in [2.75, 3.05) is 18.0 Å². The lowest BCUT2D eigenvalue weighted by Gasteiger charge is -2.12. The van der Waals surface area contributed by atoms with Crippen LogP contribution in [-0.4, -0.2) is 34.3 Å². The summed E-state index contributed by atoms with van der Waals surface area (Å²) in [5.41, 5.74) is -0.183. The lowest BCUT2D eigenvalue weighted by atomic mass is 9.97. The fraction of sp³-hybridized carbons (Fsp3) is 0.727. The number of aliphatic carboxylic acids is 1. The predicted molar refractivity (Wildman–Crippen MR) is 61.0 cm³/mol. The summed E-state index contributed by atoms with van der Waals surface area (Å²) in [7, 11) is 0. The summed E-state index contributed by atoms with van der Waals surface area (Å²) in [4.78, 5) is 17.0. The summed E-state index contributed by atoms with van der Waals surface area (Å²) in [6, 6.07) is 0. The van der Waals surface area contributed by atoms with Crippen molar-refractivity contribution in [2.24, 2.45) is 5.92 Å². The Labute approximate surface area is 99.6 Å². The van der Waals surface area contributed by atoms with E-state index in [1.54, 1.807) is 0 Å². The number of nitrogens with zero attached hydrogens (tertiary/aromatic N) is 3. The summed E-state index contributed by atoms with van der Waals surface area (Å²) in [5, 5.41) is 12.8. The molecule has 0 spiro atoms. The number of carboxylic acid groups (broad SMARTS) is 1. The molecule has 1 saturated heterocycles. The molecule has 0 aliphatic carbocycles. The van der Waals surface area contributed by atoms with Crippen LogP contribution in [0.15, 0.2) is 4.52 Å². The molecule has 1 N–H and O–H groups in total. The second kappa shape index (κ2) is 4.01. The first-order valence-corrected chi connectivity index (χ1v) is 5.70. The van der Waals surface area contributed by atoms with Crippen molar-refractivity contribution in [1.82, 2.24) is 10.1 Å². The van der Waals surface area contributed by atoms with Crippen LogP contribution in [0.25, 0.3) is 0 Å². The minimum Gasteiger partial charge on any atom is -0.481 e. The third-order valence-corrected chi connectivity index (χ3v) is 2.88. The fourth-order valence-corrected chi connectivity index (χ4v) is 1.79. The summed E-state index contributed by atoms with van der Waals surface area (Å²) >= 11 is 0. The van der Waals surface area contributed by atoms with Gasteiger partial charge in [-0.2, -0.15) is 4.98 Å². The Hall–Kier alpha value is -1.59. The highest BCUT2D eigenvalue weighted by atomic mass is 16.5. The second-order valence-corrected chi connectivity index (χ2v) is 5.42. The molecule has 1 aliphatic heterocycles. The first kappa shape index (κ1) is 11.9. The van der Waals surface area contributed by atoms with Crippen LogP contribution in [0.4, 0.5) is 5.95 Å². The van der Waals surface area contributed by atoms with Crippen LogP contribution in [0.2, 0.25) is 0 Å². The minimum atomic E-state index is -0.757. The Bertz CT molecular complexity index is 422. The molecule has 0 amide bonds. The van der Waals surface area contributed by atoms with Crippen molar-refractivity contribution in [3.8, 4) is 0 Å². The molecule has 1 unspecified atom stereocenters. The molecule has 6 nitrogen and oxygen atoms in total. The molecular formula is C11H17N3O3. The van der Waals surface area contributed by atoms with Gasteiger partial charge in [-0.25, -0.2) is 0 Å². The Morgan fingerprint density at radius 3 is 2.71 bits per heavy atom. The van der Waals surface area contributed by atoms with Gasteiger partial charge in [0.05, 0.1) is 5.92 Å². The monoisotopic (exact) mass is 239 g/mol. The van der Waals surface area contributed by atoms with E-state index >= 15 is 0 Å². The van der Waals surface area contributed by atoms with Gasteiger partial charge in [0.15, 0.2) is 0 Å². The van der Waals surface area contributed by atoms with Crippen molar-refractivity contribution >= 4 is 11.9 Å². The highest BCUT2D eigenvalue weighted by Gasteiger charge is 2.31. The van der Waals surface area contributed by atoms with Gasteiger partial charge in [0.2, 0.25) is 5.89 Å². The number of anilines is 1. The zero-order chi connectivity index (χ0) is 12.6. The van der Waals surface area contributed by atoms with Gasteiger partial charge in [0.1, 0.15) is 0 Å². The standard InChI is InChI=1S/C11H17N3O3/c1-11(2,3)9-12-10(13-17-9)14-5-4-7(6-14)8(15)16/h7H,4-6H2,1-3H3,(H,15,16). The Kier molecular flexibility index (Phi) is 2.81. The average molecular weight is 239 g/mol. The predicted octanol–water partition coefficient (Wildman–Crippen LogP) is 1.28. The van der Waals surface area contributed by atoms with Gasteiger partial charge in [-0.15, -0.1) is 0 Å². The molecule has 0 saturated carbocycles. The van der Waals surface area contributed by atoms with E-state index in [2.05, 4.69) is 10.1 Å². The Morgan fingerprint density at radius 1 is 1.53 bits per heavy atom. The van der Waals surface area contributed by atoms with Gasteiger partial charge < -0.3 is 14.5 Å². The van der Waals surface area contributed by atoms with E-state index in [9.17, 15) is 4.79 Å². The van der Waals surface area contributed by atoms with E-state index in [1.165, 1.54) is 0 Å². The summed E-state index contributed by atoms with van der Waals surface area (Å²) < 4.78 is 5.19. The van der Waals surface area contributed by atoms with Gasteiger partial charge in [-0.1, -0.05) is 20.8 Å². The molecule has 0 bridgehead atoms. The highest BCUT2D eigenvalue weighted by Crippen LogP contribution is 2.25. The smallest absolute Gasteiger partial charge is 0.308 e. The van der Waals surface area contributed by atoms with E-state index in [0.717, 1.165) is 0 Å². The quantitative estimate of drug-likeness (QED) is 0.837. The minimum absolute atomic E-state index is 0.183. The number of aromatic nitrogens is 2. The van der Waals surface area contributed by atoms with Crippen molar-refractivity contribution in [2.45, 2.75) is 32.6 Å². The maximum atomic E-state index is 10.9. The van der Waals surface area contributed by atoms with Gasteiger partial charge in [-0.3, -0.25) is 4.79 Å². The maximum Gasteiger partial charge on any atom is 0.308 e. The summed E-state index contributed by atoms with van der Waals surface area (Å²) in [6.45, 7) is 7.11. The number of hydrogen-bond acceptors (Lipinski definition) is 5. The van der Waals surface area contributed by atoms with E-state index < -0.39 is 5.97 Å². The van der Waals surface area contributed by atoms with Crippen molar-refractivity contribution in [1.29, 1.82) is 0 Å². The molecule has 1 aromatic heterocycles. The van der Waals surface area contributed by atoms with Crippen LogP contribution in [0.3, 0.4) is 0 Å². The second-order valence-electron chi connectivity index (χ2n) is 5.42. The number of carbonyl (C=O) groups is 1. The van der Waals surface area contributed by atoms with Crippen LogP contribution >= 0.6 is 0 Å². The van der Waals surface area contributed by atoms with Crippen molar-refractivity contribution in [3.05, 3.63) is 5.89 Å². The molecule has 2 rings (SSSR count). The van der Waals surface area contributed by atoms with E-state index in [-0.39, 0.29) is 11.3 Å². The zero-order valence-corrected chi connectivity index (χ0v) is 10.3. The number of carboxylic acids is 1. The SMILES string of the molecule is CC(C)(C)c1nc(N2CCC(C(=O)O)C2)no1. The van der Waals surface area contributed by atoms with Crippen LogP contribution in [0.1, 0.15) is 33.1 Å². The van der Waals surface area contributed by atoms with E-state index in [1.807, 2.05) is 25.7 Å². The Morgan fingerprint density at radius 2 is 2.24 bits per heavy atom. The molecule has 94 valence electrons. The first-order valence-electron chi connectivity index (χ1n) is 5.70. The molecule has 1 atom stereocenters. The first-order chi connectivity index (χ1) is 7.88. The molecule has 17 heavy (non-hydrogen) atoms. The molecular weight excluding hydrogens is 222 g/mol. The lowest BCUT2D eigenvalue weighted by Crippen LogP contribution is -2.23. The largest absolute Gasteiger partial charge is 0.481 e. The zero-order valence-electron chi connectivity index (χ0n) is 10.3. The molecule has 1 aliphatic rings. The number of rotatable bonds is 2. The third-order valence-electron chi connectivity index (χ3n) is 2.88. The normalized spacial score (nSPS) is 20.9.